The van der Waals surface area contributed by atoms with E-state index < -0.39 is 0 Å². The highest BCUT2D eigenvalue weighted by atomic mass is 16.5. The third-order valence-corrected chi connectivity index (χ3v) is 4.23. The maximum atomic E-state index is 6.46. The van der Waals surface area contributed by atoms with Crippen LogP contribution in [-0.4, -0.2) is 24.3 Å². The van der Waals surface area contributed by atoms with Crippen LogP contribution in [0.5, 0.6) is 0 Å². The Labute approximate surface area is 100 Å². The first kappa shape index (κ1) is 12.4. The van der Waals surface area contributed by atoms with Crippen LogP contribution in [0.2, 0.25) is 0 Å². The molecule has 2 heteroatoms. The number of fused-ring (bicyclic) bond motifs is 1. The summed E-state index contributed by atoms with van der Waals surface area (Å²) in [6.07, 6.45) is 4.12. The first-order valence-corrected chi connectivity index (χ1v) is 6.74. The molecular weight excluding hydrogens is 198 g/mol. The molecule has 1 aliphatic heterocycles. The summed E-state index contributed by atoms with van der Waals surface area (Å²) in [5, 5.41) is 3.71. The van der Waals surface area contributed by atoms with Gasteiger partial charge >= 0.3 is 0 Å². The fourth-order valence-corrected chi connectivity index (χ4v) is 3.50. The van der Waals surface area contributed by atoms with Crippen molar-refractivity contribution in [3.63, 3.8) is 0 Å². The van der Waals surface area contributed by atoms with Gasteiger partial charge in [-0.1, -0.05) is 27.7 Å². The molecule has 1 saturated carbocycles. The van der Waals surface area contributed by atoms with E-state index in [4.69, 9.17) is 4.74 Å². The van der Waals surface area contributed by atoms with Crippen molar-refractivity contribution in [2.24, 2.45) is 11.3 Å². The average molecular weight is 225 g/mol. The average Bonchev–Trinajstić information content (AvgIpc) is 2.40. The van der Waals surface area contributed by atoms with E-state index in [1.165, 1.54) is 12.8 Å². The monoisotopic (exact) mass is 225 g/mol. The van der Waals surface area contributed by atoms with Crippen molar-refractivity contribution in [3.05, 3.63) is 0 Å². The fourth-order valence-electron chi connectivity index (χ4n) is 3.50. The molecule has 0 aromatic rings. The molecule has 0 amide bonds. The van der Waals surface area contributed by atoms with Crippen LogP contribution < -0.4 is 5.32 Å². The van der Waals surface area contributed by atoms with Crippen LogP contribution in [0, 0.1) is 11.3 Å². The summed E-state index contributed by atoms with van der Waals surface area (Å²) in [4.78, 5) is 0. The molecule has 1 aliphatic carbocycles. The number of ether oxygens (including phenoxy) is 1. The summed E-state index contributed by atoms with van der Waals surface area (Å²) < 4.78 is 6.46. The van der Waals surface area contributed by atoms with E-state index in [2.05, 4.69) is 39.9 Å². The van der Waals surface area contributed by atoms with Crippen molar-refractivity contribution >= 4 is 0 Å². The molecule has 1 saturated heterocycles. The van der Waals surface area contributed by atoms with Gasteiger partial charge in [0.15, 0.2) is 0 Å². The zero-order chi connectivity index (χ0) is 12.0. The Morgan fingerprint density at radius 2 is 2.00 bits per heavy atom. The zero-order valence-electron chi connectivity index (χ0n) is 11.5. The van der Waals surface area contributed by atoms with E-state index >= 15 is 0 Å². The molecule has 0 spiro atoms. The molecule has 1 N–H and O–H groups in total. The smallest absolute Gasteiger partial charge is 0.0786 e. The lowest BCUT2D eigenvalue weighted by Crippen LogP contribution is -2.59. The molecule has 2 aliphatic rings. The molecule has 2 fully saturated rings. The summed E-state index contributed by atoms with van der Waals surface area (Å²) >= 11 is 0. The van der Waals surface area contributed by atoms with Crippen molar-refractivity contribution in [2.45, 2.75) is 71.6 Å². The Balaban J connectivity index is 2.07. The third-order valence-electron chi connectivity index (χ3n) is 4.23. The van der Waals surface area contributed by atoms with E-state index in [0.29, 0.717) is 23.5 Å². The molecule has 1 heterocycles. The molecule has 2 rings (SSSR count). The predicted molar refractivity (Wildman–Crippen MR) is 67.5 cm³/mol. The van der Waals surface area contributed by atoms with Crippen LogP contribution in [-0.2, 0) is 4.74 Å². The molecule has 94 valence electrons. The lowest BCUT2D eigenvalue weighted by atomic mass is 9.85. The summed E-state index contributed by atoms with van der Waals surface area (Å²) in [6, 6.07) is 0.593. The number of rotatable bonds is 2. The molecular formula is C14H27NO. The van der Waals surface area contributed by atoms with Gasteiger partial charge < -0.3 is 10.1 Å². The van der Waals surface area contributed by atoms with Crippen LogP contribution in [0.3, 0.4) is 0 Å². The van der Waals surface area contributed by atoms with Crippen molar-refractivity contribution in [2.75, 3.05) is 6.54 Å². The van der Waals surface area contributed by atoms with Crippen molar-refractivity contribution in [1.82, 2.24) is 5.32 Å². The van der Waals surface area contributed by atoms with Crippen LogP contribution in [0.15, 0.2) is 0 Å². The molecule has 3 unspecified atom stereocenters. The Hall–Kier alpha value is -0.0800. The summed E-state index contributed by atoms with van der Waals surface area (Å²) in [6.45, 7) is 12.5. The molecule has 3 atom stereocenters. The maximum Gasteiger partial charge on any atom is 0.0786 e. The van der Waals surface area contributed by atoms with Gasteiger partial charge in [0.25, 0.3) is 0 Å². The highest BCUT2D eigenvalue weighted by molar-refractivity contribution is 5.02. The molecule has 2 nitrogen and oxygen atoms in total. The maximum absolute atomic E-state index is 6.46. The van der Waals surface area contributed by atoms with Gasteiger partial charge in [-0.3, -0.25) is 0 Å². The van der Waals surface area contributed by atoms with Gasteiger partial charge in [0, 0.05) is 12.6 Å². The Kier molecular flexibility index (Phi) is 3.09. The molecule has 16 heavy (non-hydrogen) atoms. The van der Waals surface area contributed by atoms with Gasteiger partial charge in [-0.15, -0.1) is 0 Å². The van der Waals surface area contributed by atoms with E-state index in [9.17, 15) is 0 Å². The Morgan fingerprint density at radius 3 is 2.62 bits per heavy atom. The second kappa shape index (κ2) is 3.99. The normalized spacial score (nSPS) is 42.4. The molecule has 0 radical (unpaired) electrons. The van der Waals surface area contributed by atoms with Gasteiger partial charge in [0.05, 0.1) is 11.7 Å². The van der Waals surface area contributed by atoms with E-state index in [0.717, 1.165) is 13.0 Å². The number of nitrogens with one attached hydrogen (secondary N) is 1. The van der Waals surface area contributed by atoms with E-state index in [1.807, 2.05) is 0 Å². The second-order valence-corrected chi connectivity index (χ2v) is 7.10. The Morgan fingerprint density at radius 1 is 1.31 bits per heavy atom. The van der Waals surface area contributed by atoms with Gasteiger partial charge in [0.2, 0.25) is 0 Å². The number of morpholine rings is 1. The van der Waals surface area contributed by atoms with Gasteiger partial charge in [-0.25, -0.2) is 0 Å². The zero-order valence-corrected chi connectivity index (χ0v) is 11.5. The lowest BCUT2D eigenvalue weighted by molar-refractivity contribution is -0.155. The summed E-state index contributed by atoms with van der Waals surface area (Å²) in [5.41, 5.74) is 0.382. The van der Waals surface area contributed by atoms with Crippen molar-refractivity contribution in [3.8, 4) is 0 Å². The van der Waals surface area contributed by atoms with Gasteiger partial charge in [-0.2, -0.15) is 0 Å². The third kappa shape index (κ3) is 2.28. The fraction of sp³-hybridized carbons (Fsp3) is 1.00. The molecule has 0 aromatic heterocycles. The van der Waals surface area contributed by atoms with Crippen LogP contribution in [0.25, 0.3) is 0 Å². The van der Waals surface area contributed by atoms with Crippen LogP contribution in [0.1, 0.15) is 53.9 Å². The van der Waals surface area contributed by atoms with E-state index in [-0.39, 0.29) is 5.60 Å². The minimum absolute atomic E-state index is 0.0386. The SMILES string of the molecule is CC(C)CC1(C)CNC2CCC(C)(C)C2O1. The van der Waals surface area contributed by atoms with Gasteiger partial charge in [0.1, 0.15) is 0 Å². The van der Waals surface area contributed by atoms with Crippen molar-refractivity contribution < 1.29 is 4.74 Å². The van der Waals surface area contributed by atoms with Gasteiger partial charge in [-0.05, 0) is 37.5 Å². The minimum atomic E-state index is 0.0386. The summed E-state index contributed by atoms with van der Waals surface area (Å²) in [7, 11) is 0. The largest absolute Gasteiger partial charge is 0.369 e. The predicted octanol–water partition coefficient (Wildman–Crippen LogP) is 2.97. The highest BCUT2D eigenvalue weighted by Gasteiger charge is 2.49. The standard InChI is InChI=1S/C14H27NO/c1-10(2)8-14(5)9-15-11-6-7-13(3,4)12(11)16-14/h10-12,15H,6-9H2,1-5H3. The quantitative estimate of drug-likeness (QED) is 0.780. The first-order chi connectivity index (χ1) is 7.32. The topological polar surface area (TPSA) is 21.3 Å². The van der Waals surface area contributed by atoms with E-state index in [1.54, 1.807) is 0 Å². The Bertz CT molecular complexity index is 261. The summed E-state index contributed by atoms with van der Waals surface area (Å²) in [5.74, 6) is 0.702. The molecule has 0 bridgehead atoms. The number of hydrogen-bond donors (Lipinski definition) is 1. The highest BCUT2D eigenvalue weighted by Crippen LogP contribution is 2.44. The molecule has 0 aromatic carbocycles. The second-order valence-electron chi connectivity index (χ2n) is 7.10. The van der Waals surface area contributed by atoms with Crippen LogP contribution in [0.4, 0.5) is 0 Å². The number of hydrogen-bond acceptors (Lipinski definition) is 2. The van der Waals surface area contributed by atoms with Crippen molar-refractivity contribution in [1.29, 1.82) is 0 Å². The minimum Gasteiger partial charge on any atom is -0.369 e. The lowest BCUT2D eigenvalue weighted by Gasteiger charge is -2.46. The van der Waals surface area contributed by atoms with Crippen LogP contribution >= 0.6 is 0 Å². The first-order valence-electron chi connectivity index (χ1n) is 6.74.